The van der Waals surface area contributed by atoms with Crippen LogP contribution in [0.4, 0.5) is 32.6 Å². The molecule has 4 aromatic rings. The summed E-state index contributed by atoms with van der Waals surface area (Å²) in [7, 11) is 3.45. The molecule has 2 aromatic heterocycles. The predicted molar refractivity (Wildman–Crippen MR) is 198 cm³/mol. The van der Waals surface area contributed by atoms with Crippen LogP contribution in [0.25, 0.3) is 22.2 Å². The normalized spacial score (nSPS) is 11.6. The van der Waals surface area contributed by atoms with Crippen LogP contribution in [-0.4, -0.2) is 84.1 Å². The number of amides is 3. The zero-order chi connectivity index (χ0) is 37.0. The summed E-state index contributed by atoms with van der Waals surface area (Å²) in [6.45, 7) is 12.7. The number of ether oxygens (including phenoxy) is 3. The van der Waals surface area contributed by atoms with Crippen molar-refractivity contribution in [1.29, 1.82) is 0 Å². The Bertz CT molecular complexity index is 1900. The van der Waals surface area contributed by atoms with Crippen LogP contribution in [0.2, 0.25) is 30.7 Å². The van der Waals surface area contributed by atoms with E-state index in [2.05, 4.69) is 40.6 Å². The Labute approximate surface area is 297 Å². The summed E-state index contributed by atoms with van der Waals surface area (Å²) in [5.41, 5.74) is 2.16. The van der Waals surface area contributed by atoms with E-state index in [0.717, 1.165) is 6.04 Å². The molecule has 0 saturated carbocycles. The van der Waals surface area contributed by atoms with Gasteiger partial charge in [0.25, 0.3) is 5.91 Å². The van der Waals surface area contributed by atoms with Crippen LogP contribution >= 0.6 is 11.6 Å². The average Bonchev–Trinajstić information content (AvgIpc) is 3.37. The second-order valence-corrected chi connectivity index (χ2v) is 20.0. The summed E-state index contributed by atoms with van der Waals surface area (Å²) >= 11 is 6.56. The summed E-state index contributed by atoms with van der Waals surface area (Å²) in [4.78, 5) is 47.6. The summed E-state index contributed by atoms with van der Waals surface area (Å²) in [5.74, 6) is 0.223. The van der Waals surface area contributed by atoms with Gasteiger partial charge in [0.1, 0.15) is 12.3 Å². The Morgan fingerprint density at radius 1 is 1.00 bits per heavy atom. The van der Waals surface area contributed by atoms with Gasteiger partial charge in [0.15, 0.2) is 5.65 Å². The second-order valence-electron chi connectivity index (χ2n) is 14.0. The third-order valence-corrected chi connectivity index (χ3v) is 9.20. The minimum Gasteiger partial charge on any atom is -0.480 e. The Balaban J connectivity index is 1.80. The van der Waals surface area contributed by atoms with Crippen LogP contribution in [0.15, 0.2) is 42.6 Å². The number of fused-ring (bicyclic) bond motifs is 1. The third kappa shape index (κ3) is 9.86. The van der Waals surface area contributed by atoms with Crippen molar-refractivity contribution in [2.45, 2.75) is 58.8 Å². The molecule has 16 heteroatoms. The number of nitrogens with one attached hydrogen (secondary N) is 3. The quantitative estimate of drug-likeness (QED) is 0.0830. The van der Waals surface area contributed by atoms with Crippen LogP contribution in [0.3, 0.4) is 0 Å². The number of carbonyl (C=O) groups excluding carboxylic acids is 2. The maximum Gasteiger partial charge on any atom is 0.412 e. The van der Waals surface area contributed by atoms with Gasteiger partial charge in [-0.2, -0.15) is 9.97 Å². The molecule has 3 amide bonds. The topological polar surface area (TPSA) is 169 Å². The van der Waals surface area contributed by atoms with Crippen molar-refractivity contribution in [3.63, 3.8) is 0 Å². The van der Waals surface area contributed by atoms with Gasteiger partial charge in [-0.3, -0.25) is 15.4 Å². The van der Waals surface area contributed by atoms with Crippen LogP contribution in [-0.2, 0) is 16.2 Å². The lowest BCUT2D eigenvalue weighted by Crippen LogP contribution is -2.27. The first-order valence-electron chi connectivity index (χ1n) is 15.8. The van der Waals surface area contributed by atoms with Crippen LogP contribution in [0, 0.1) is 0 Å². The lowest BCUT2D eigenvalue weighted by atomic mass is 10.0. The standard InChI is InChI=1S/C34H44ClN7O7Si/c1-34(2,3)49-33(46)38-25-13-10-20(17-26(25)37-32(44)45)22-18-42(19-48-14-15-50(7,8)9)28-27(22)29(47-6)40-31(39-28)36-24-12-11-21(16-23(24)35)30(43)41(4)5/h10-13,16-18,37H,14-15,19H2,1-9H3,(H,38,46)(H,44,45)(H,36,39,40). The SMILES string of the molecule is COc1nc(Nc2ccc(C(=O)N(C)C)cc2Cl)nc2c1c(-c1ccc(NC(=O)OC(C)(C)C)c(NC(=O)O)c1)cn2COCC[Si](C)(C)C. The molecular weight excluding hydrogens is 682 g/mol. The van der Waals surface area contributed by atoms with E-state index in [0.29, 0.717) is 45.0 Å². The van der Waals surface area contributed by atoms with Gasteiger partial charge in [0.05, 0.1) is 34.6 Å². The third-order valence-electron chi connectivity index (χ3n) is 7.18. The number of anilines is 4. The number of benzene rings is 2. The van der Waals surface area contributed by atoms with Crippen molar-refractivity contribution in [3.8, 4) is 17.0 Å². The second kappa shape index (κ2) is 15.4. The number of carbonyl (C=O) groups is 3. The fourth-order valence-electron chi connectivity index (χ4n) is 4.80. The fourth-order valence-corrected chi connectivity index (χ4v) is 5.78. The van der Waals surface area contributed by atoms with E-state index in [1.54, 1.807) is 71.3 Å². The van der Waals surface area contributed by atoms with Crippen LogP contribution in [0.1, 0.15) is 31.1 Å². The first-order chi connectivity index (χ1) is 23.3. The number of methoxy groups -OCH3 is 1. The molecule has 0 aliphatic heterocycles. The van der Waals surface area contributed by atoms with Crippen LogP contribution < -0.4 is 20.7 Å². The molecule has 0 radical (unpaired) electrons. The molecule has 0 spiro atoms. The van der Waals surface area contributed by atoms with E-state index in [1.165, 1.54) is 12.0 Å². The minimum absolute atomic E-state index is 0.122. The lowest BCUT2D eigenvalue weighted by molar-refractivity contribution is 0.0635. The highest BCUT2D eigenvalue weighted by Gasteiger charge is 2.23. The number of aromatic nitrogens is 3. The van der Waals surface area contributed by atoms with Gasteiger partial charge >= 0.3 is 12.2 Å². The predicted octanol–water partition coefficient (Wildman–Crippen LogP) is 7.95. The largest absolute Gasteiger partial charge is 0.480 e. The molecule has 0 unspecified atom stereocenters. The van der Waals surface area contributed by atoms with Gasteiger partial charge in [0.2, 0.25) is 11.8 Å². The smallest absolute Gasteiger partial charge is 0.412 e. The average molecular weight is 726 g/mol. The Morgan fingerprint density at radius 3 is 2.30 bits per heavy atom. The zero-order valence-corrected chi connectivity index (χ0v) is 31.5. The molecule has 0 saturated heterocycles. The summed E-state index contributed by atoms with van der Waals surface area (Å²) in [6.07, 6.45) is -0.225. The number of hydrogen-bond acceptors (Lipinski definition) is 9. The molecule has 0 bridgehead atoms. The Morgan fingerprint density at radius 2 is 1.70 bits per heavy atom. The van der Waals surface area contributed by atoms with E-state index >= 15 is 0 Å². The van der Waals surface area contributed by atoms with Gasteiger partial charge in [-0.25, -0.2) is 9.59 Å². The number of carboxylic acid groups (broad SMARTS) is 1. The van der Waals surface area contributed by atoms with Gasteiger partial charge in [-0.1, -0.05) is 37.3 Å². The molecule has 4 rings (SSSR count). The van der Waals surface area contributed by atoms with Crippen molar-refractivity contribution in [3.05, 3.63) is 53.2 Å². The molecule has 0 aliphatic rings. The van der Waals surface area contributed by atoms with Gasteiger partial charge in [0, 0.05) is 46.1 Å². The molecule has 50 heavy (non-hydrogen) atoms. The van der Waals surface area contributed by atoms with E-state index in [9.17, 15) is 19.5 Å². The molecule has 14 nitrogen and oxygen atoms in total. The van der Waals surface area contributed by atoms with E-state index in [-0.39, 0.29) is 35.8 Å². The molecule has 0 atom stereocenters. The number of rotatable bonds is 12. The number of halogens is 1. The summed E-state index contributed by atoms with van der Waals surface area (Å²) < 4.78 is 19.1. The maximum absolute atomic E-state index is 12.5. The Kier molecular flexibility index (Phi) is 11.7. The van der Waals surface area contributed by atoms with E-state index in [4.69, 9.17) is 30.8 Å². The summed E-state index contributed by atoms with van der Waals surface area (Å²) in [6, 6.07) is 10.8. The molecule has 0 aliphatic carbocycles. The molecule has 4 N–H and O–H groups in total. The van der Waals surface area contributed by atoms with E-state index in [1.807, 2.05) is 10.8 Å². The molecule has 268 valence electrons. The van der Waals surface area contributed by atoms with Crippen molar-refractivity contribution in [2.24, 2.45) is 0 Å². The summed E-state index contributed by atoms with van der Waals surface area (Å²) in [5, 5.41) is 18.5. The van der Waals surface area contributed by atoms with Crippen molar-refractivity contribution >= 4 is 71.8 Å². The molecule has 2 heterocycles. The minimum atomic E-state index is -1.36. The number of nitrogens with zero attached hydrogens (tertiary/aromatic N) is 4. The molecule has 2 aromatic carbocycles. The first-order valence-corrected chi connectivity index (χ1v) is 19.9. The highest BCUT2D eigenvalue weighted by Crippen LogP contribution is 2.39. The lowest BCUT2D eigenvalue weighted by Gasteiger charge is -2.20. The molecule has 0 fully saturated rings. The zero-order valence-electron chi connectivity index (χ0n) is 29.7. The van der Waals surface area contributed by atoms with Crippen LogP contribution in [0.5, 0.6) is 5.88 Å². The first kappa shape index (κ1) is 37.9. The maximum atomic E-state index is 12.5. The van der Waals surface area contributed by atoms with E-state index < -0.39 is 25.9 Å². The fraction of sp³-hybridized carbons (Fsp3) is 0.382. The molecular formula is C34H44ClN7O7Si. The van der Waals surface area contributed by atoms with Crippen molar-refractivity contribution < 1.29 is 33.7 Å². The van der Waals surface area contributed by atoms with Gasteiger partial charge < -0.3 is 34.1 Å². The van der Waals surface area contributed by atoms with Crippen molar-refractivity contribution in [2.75, 3.05) is 43.8 Å². The van der Waals surface area contributed by atoms with Gasteiger partial charge in [-0.05, 0) is 62.7 Å². The Hall–Kier alpha value is -4.86. The van der Waals surface area contributed by atoms with Crippen molar-refractivity contribution in [1.82, 2.24) is 19.4 Å². The highest BCUT2D eigenvalue weighted by atomic mass is 35.5. The monoisotopic (exact) mass is 725 g/mol. The van der Waals surface area contributed by atoms with Gasteiger partial charge in [-0.15, -0.1) is 0 Å². The highest BCUT2D eigenvalue weighted by molar-refractivity contribution is 6.76. The number of hydrogen-bond donors (Lipinski definition) is 4.